The van der Waals surface area contributed by atoms with E-state index in [9.17, 15) is 9.90 Å². The number of methoxy groups -OCH3 is 1. The maximum Gasteiger partial charge on any atom is 0.295 e. The molecule has 3 N–H and O–H groups in total. The SMILES string of the molecule is COc1c(NC(C)CC(C)O)nc[nH]c1=O. The fourth-order valence-electron chi connectivity index (χ4n) is 1.48. The van der Waals surface area contributed by atoms with E-state index < -0.39 is 6.10 Å². The fourth-order valence-corrected chi connectivity index (χ4v) is 1.48. The van der Waals surface area contributed by atoms with Crippen molar-refractivity contribution in [2.45, 2.75) is 32.4 Å². The highest BCUT2D eigenvalue weighted by molar-refractivity contribution is 5.48. The largest absolute Gasteiger partial charge is 0.489 e. The average molecular weight is 227 g/mol. The summed E-state index contributed by atoms with van der Waals surface area (Å²) in [7, 11) is 1.41. The van der Waals surface area contributed by atoms with Gasteiger partial charge in [0, 0.05) is 6.04 Å². The first kappa shape index (κ1) is 12.5. The second-order valence-electron chi connectivity index (χ2n) is 3.74. The summed E-state index contributed by atoms with van der Waals surface area (Å²) in [5, 5.41) is 12.2. The molecule has 2 unspecified atom stereocenters. The summed E-state index contributed by atoms with van der Waals surface area (Å²) in [6.45, 7) is 3.61. The molecule has 0 saturated heterocycles. The lowest BCUT2D eigenvalue weighted by atomic mass is 10.1. The molecule has 0 aromatic carbocycles. The Morgan fingerprint density at radius 2 is 2.31 bits per heavy atom. The summed E-state index contributed by atoms with van der Waals surface area (Å²) in [5.41, 5.74) is -0.329. The molecule has 0 amide bonds. The van der Waals surface area contributed by atoms with Gasteiger partial charge in [0.1, 0.15) is 0 Å². The number of aromatic amines is 1. The molecule has 0 aliphatic heterocycles. The van der Waals surface area contributed by atoms with E-state index >= 15 is 0 Å². The first-order valence-electron chi connectivity index (χ1n) is 5.11. The highest BCUT2D eigenvalue weighted by atomic mass is 16.5. The van der Waals surface area contributed by atoms with Crippen LogP contribution in [0.4, 0.5) is 5.82 Å². The summed E-state index contributed by atoms with van der Waals surface area (Å²) in [6.07, 6.45) is 1.47. The molecule has 0 spiro atoms. The Bertz CT molecular complexity index is 389. The summed E-state index contributed by atoms with van der Waals surface area (Å²) < 4.78 is 4.95. The molecule has 90 valence electrons. The third-order valence-electron chi connectivity index (χ3n) is 2.09. The Morgan fingerprint density at radius 3 is 2.88 bits per heavy atom. The second kappa shape index (κ2) is 5.50. The van der Waals surface area contributed by atoms with Crippen molar-refractivity contribution in [2.24, 2.45) is 0 Å². The molecule has 2 atom stereocenters. The van der Waals surface area contributed by atoms with Crippen LogP contribution in [0.25, 0.3) is 0 Å². The first-order valence-corrected chi connectivity index (χ1v) is 5.11. The van der Waals surface area contributed by atoms with Crippen molar-refractivity contribution in [1.82, 2.24) is 9.97 Å². The summed E-state index contributed by atoms with van der Waals surface area (Å²) in [6, 6.07) is 0.00296. The van der Waals surface area contributed by atoms with Crippen LogP contribution in [-0.4, -0.2) is 34.3 Å². The number of hydrogen-bond acceptors (Lipinski definition) is 5. The number of rotatable bonds is 5. The highest BCUT2D eigenvalue weighted by Gasteiger charge is 2.12. The number of nitrogens with zero attached hydrogens (tertiary/aromatic N) is 1. The fraction of sp³-hybridized carbons (Fsp3) is 0.600. The zero-order valence-electron chi connectivity index (χ0n) is 9.65. The first-order chi connectivity index (χ1) is 7.54. The molecule has 0 bridgehead atoms. The molecular formula is C10H17N3O3. The van der Waals surface area contributed by atoms with E-state index in [0.29, 0.717) is 12.2 Å². The van der Waals surface area contributed by atoms with Crippen LogP contribution < -0.4 is 15.6 Å². The van der Waals surface area contributed by atoms with E-state index in [-0.39, 0.29) is 17.4 Å². The Morgan fingerprint density at radius 1 is 1.62 bits per heavy atom. The number of nitrogens with one attached hydrogen (secondary N) is 2. The van der Waals surface area contributed by atoms with Crippen molar-refractivity contribution in [3.05, 3.63) is 16.7 Å². The standard InChI is InChI=1S/C10H17N3O3/c1-6(4-7(2)14)13-9-8(16-3)10(15)12-5-11-9/h5-7,14H,4H2,1-3H3,(H2,11,12,13,15). The van der Waals surface area contributed by atoms with Crippen LogP contribution >= 0.6 is 0 Å². The van der Waals surface area contributed by atoms with E-state index in [1.165, 1.54) is 13.4 Å². The molecule has 0 fully saturated rings. The van der Waals surface area contributed by atoms with Crippen LogP contribution in [-0.2, 0) is 0 Å². The smallest absolute Gasteiger partial charge is 0.295 e. The topological polar surface area (TPSA) is 87.2 Å². The minimum atomic E-state index is -0.407. The number of aromatic nitrogens is 2. The molecule has 1 aromatic heterocycles. The van der Waals surface area contributed by atoms with Crippen LogP contribution in [0.15, 0.2) is 11.1 Å². The monoisotopic (exact) mass is 227 g/mol. The maximum absolute atomic E-state index is 11.4. The zero-order valence-corrected chi connectivity index (χ0v) is 9.65. The molecule has 16 heavy (non-hydrogen) atoms. The lowest BCUT2D eigenvalue weighted by Crippen LogP contribution is -2.23. The number of hydrogen-bond donors (Lipinski definition) is 3. The summed E-state index contributed by atoms with van der Waals surface area (Å²) in [4.78, 5) is 17.8. The normalized spacial score (nSPS) is 14.2. The predicted octanol–water partition coefficient (Wildman–Crippen LogP) is 0.350. The van der Waals surface area contributed by atoms with Crippen molar-refractivity contribution in [3.8, 4) is 5.75 Å². The Kier molecular flexibility index (Phi) is 4.30. The van der Waals surface area contributed by atoms with Gasteiger partial charge in [0.2, 0.25) is 5.75 Å². The van der Waals surface area contributed by atoms with Gasteiger partial charge >= 0.3 is 0 Å². The molecule has 6 nitrogen and oxygen atoms in total. The molecular weight excluding hydrogens is 210 g/mol. The number of H-pyrrole nitrogens is 1. The summed E-state index contributed by atoms with van der Waals surface area (Å²) >= 11 is 0. The Labute approximate surface area is 93.7 Å². The molecule has 0 saturated carbocycles. The molecule has 1 heterocycles. The van der Waals surface area contributed by atoms with Crippen molar-refractivity contribution < 1.29 is 9.84 Å². The van der Waals surface area contributed by atoms with Gasteiger partial charge in [-0.05, 0) is 20.3 Å². The van der Waals surface area contributed by atoms with E-state index in [1.807, 2.05) is 6.92 Å². The second-order valence-corrected chi connectivity index (χ2v) is 3.74. The van der Waals surface area contributed by atoms with E-state index in [2.05, 4.69) is 15.3 Å². The third-order valence-corrected chi connectivity index (χ3v) is 2.09. The van der Waals surface area contributed by atoms with Crippen molar-refractivity contribution in [3.63, 3.8) is 0 Å². The van der Waals surface area contributed by atoms with Gasteiger partial charge < -0.3 is 20.1 Å². The number of anilines is 1. The molecule has 6 heteroatoms. The number of aliphatic hydroxyl groups is 1. The van der Waals surface area contributed by atoms with Gasteiger partial charge in [-0.2, -0.15) is 0 Å². The average Bonchev–Trinajstić information content (AvgIpc) is 2.16. The van der Waals surface area contributed by atoms with E-state index in [4.69, 9.17) is 4.74 Å². The van der Waals surface area contributed by atoms with Gasteiger partial charge in [0.15, 0.2) is 5.82 Å². The zero-order chi connectivity index (χ0) is 12.1. The van der Waals surface area contributed by atoms with Gasteiger partial charge in [-0.1, -0.05) is 0 Å². The van der Waals surface area contributed by atoms with E-state index in [1.54, 1.807) is 6.92 Å². The minimum Gasteiger partial charge on any atom is -0.489 e. The van der Waals surface area contributed by atoms with Gasteiger partial charge in [0.25, 0.3) is 5.56 Å². The number of ether oxygens (including phenoxy) is 1. The minimum absolute atomic E-state index is 0.00296. The van der Waals surface area contributed by atoms with Crippen LogP contribution in [0.2, 0.25) is 0 Å². The van der Waals surface area contributed by atoms with Gasteiger partial charge in [0.05, 0.1) is 19.5 Å². The van der Waals surface area contributed by atoms with Gasteiger partial charge in [-0.3, -0.25) is 4.79 Å². The lowest BCUT2D eigenvalue weighted by Gasteiger charge is -2.16. The Balaban J connectivity index is 2.80. The van der Waals surface area contributed by atoms with Crippen molar-refractivity contribution >= 4 is 5.82 Å². The Hall–Kier alpha value is -1.56. The van der Waals surface area contributed by atoms with Gasteiger partial charge in [-0.25, -0.2) is 4.98 Å². The van der Waals surface area contributed by atoms with Crippen molar-refractivity contribution in [2.75, 3.05) is 12.4 Å². The third kappa shape index (κ3) is 3.23. The van der Waals surface area contributed by atoms with E-state index in [0.717, 1.165) is 0 Å². The van der Waals surface area contributed by atoms with Crippen LogP contribution in [0.3, 0.4) is 0 Å². The molecule has 0 radical (unpaired) electrons. The molecule has 1 aromatic rings. The van der Waals surface area contributed by atoms with Crippen LogP contribution in [0, 0.1) is 0 Å². The molecule has 1 rings (SSSR count). The quantitative estimate of drug-likeness (QED) is 0.675. The van der Waals surface area contributed by atoms with Crippen LogP contribution in [0.5, 0.6) is 5.75 Å². The van der Waals surface area contributed by atoms with Crippen LogP contribution in [0.1, 0.15) is 20.3 Å². The van der Waals surface area contributed by atoms with Gasteiger partial charge in [-0.15, -0.1) is 0 Å². The highest BCUT2D eigenvalue weighted by Crippen LogP contribution is 2.16. The molecule has 0 aliphatic rings. The lowest BCUT2D eigenvalue weighted by molar-refractivity contribution is 0.179. The summed E-state index contributed by atoms with van der Waals surface area (Å²) in [5.74, 6) is 0.541. The molecule has 0 aliphatic carbocycles. The maximum atomic E-state index is 11.4. The van der Waals surface area contributed by atoms with Crippen molar-refractivity contribution in [1.29, 1.82) is 0 Å². The number of aliphatic hydroxyl groups excluding tert-OH is 1. The predicted molar refractivity (Wildman–Crippen MR) is 60.8 cm³/mol.